The maximum Gasteiger partial charge on any atom is 0.161 e. The molecule has 0 aromatic heterocycles. The van der Waals surface area contributed by atoms with Crippen LogP contribution in [0.15, 0.2) is 12.1 Å². The van der Waals surface area contributed by atoms with Gasteiger partial charge in [-0.2, -0.15) is 0 Å². The predicted molar refractivity (Wildman–Crippen MR) is 85.2 cm³/mol. The molecule has 0 amide bonds. The monoisotopic (exact) mass is 303 g/mol. The van der Waals surface area contributed by atoms with Crippen molar-refractivity contribution in [2.24, 2.45) is 5.92 Å². The van der Waals surface area contributed by atoms with Crippen molar-refractivity contribution in [3.8, 4) is 11.5 Å². The lowest BCUT2D eigenvalue weighted by Crippen LogP contribution is -2.56. The van der Waals surface area contributed by atoms with Crippen molar-refractivity contribution in [1.29, 1.82) is 0 Å². The number of hydrogen-bond acceptors (Lipinski definition) is 4. The molecular weight excluding hydrogens is 278 g/mol. The Bertz CT molecular complexity index is 613. The van der Waals surface area contributed by atoms with Crippen molar-refractivity contribution < 1.29 is 15.0 Å². The fraction of sp³-hybridized carbons (Fsp3) is 0.611. The lowest BCUT2D eigenvalue weighted by molar-refractivity contribution is -0.126. The van der Waals surface area contributed by atoms with Gasteiger partial charge in [0, 0.05) is 29.9 Å². The van der Waals surface area contributed by atoms with Crippen molar-refractivity contribution in [2.45, 2.75) is 51.0 Å². The first-order valence-corrected chi connectivity index (χ1v) is 8.11. The Morgan fingerprint density at radius 2 is 2.05 bits per heavy atom. The molecule has 3 unspecified atom stereocenters. The summed E-state index contributed by atoms with van der Waals surface area (Å²) in [6.45, 7) is 5.07. The fourth-order valence-corrected chi connectivity index (χ4v) is 4.74. The fourth-order valence-electron chi connectivity index (χ4n) is 4.74. The molecule has 0 radical (unpaired) electrons. The van der Waals surface area contributed by atoms with Gasteiger partial charge in [0.2, 0.25) is 0 Å². The van der Waals surface area contributed by atoms with Gasteiger partial charge >= 0.3 is 0 Å². The van der Waals surface area contributed by atoms with E-state index in [1.807, 2.05) is 13.0 Å². The minimum atomic E-state index is -0.339. The van der Waals surface area contributed by atoms with Crippen LogP contribution in [0.4, 0.5) is 0 Å². The number of rotatable bonds is 1. The molecule has 2 aliphatic rings. The zero-order chi connectivity index (χ0) is 16.1. The van der Waals surface area contributed by atoms with Gasteiger partial charge in [-0.3, -0.25) is 4.79 Å². The third-order valence-corrected chi connectivity index (χ3v) is 6.01. The number of fused-ring (bicyclic) bond motifs is 1. The Kier molecular flexibility index (Phi) is 3.68. The minimum absolute atomic E-state index is 0.0311. The second-order valence-corrected chi connectivity index (χ2v) is 7.11. The third-order valence-electron chi connectivity index (χ3n) is 6.01. The molecule has 2 N–H and O–H groups in total. The van der Waals surface area contributed by atoms with Crippen LogP contribution < -0.4 is 0 Å². The van der Waals surface area contributed by atoms with Gasteiger partial charge in [0.1, 0.15) is 5.78 Å². The van der Waals surface area contributed by atoms with E-state index in [-0.39, 0.29) is 22.7 Å². The van der Waals surface area contributed by atoms with E-state index in [2.05, 4.69) is 18.9 Å². The summed E-state index contributed by atoms with van der Waals surface area (Å²) >= 11 is 0. The van der Waals surface area contributed by atoms with Gasteiger partial charge < -0.3 is 15.1 Å². The van der Waals surface area contributed by atoms with Crippen LogP contribution in [0.5, 0.6) is 11.5 Å². The van der Waals surface area contributed by atoms with Crippen LogP contribution in [-0.2, 0) is 10.2 Å². The van der Waals surface area contributed by atoms with Gasteiger partial charge in [0.05, 0.1) is 0 Å². The molecule has 4 nitrogen and oxygen atoms in total. The number of nitrogens with zero attached hydrogens (tertiary/aromatic N) is 1. The van der Waals surface area contributed by atoms with Gasteiger partial charge in [0.25, 0.3) is 0 Å². The highest BCUT2D eigenvalue weighted by Crippen LogP contribution is 2.54. The molecule has 120 valence electrons. The van der Waals surface area contributed by atoms with Crippen LogP contribution in [0.25, 0.3) is 0 Å². The molecule has 1 aromatic rings. The summed E-state index contributed by atoms with van der Waals surface area (Å²) in [7, 11) is 2.13. The molecule has 1 aliphatic carbocycles. The van der Waals surface area contributed by atoms with Gasteiger partial charge in [-0.25, -0.2) is 0 Å². The van der Waals surface area contributed by atoms with Gasteiger partial charge in [0.15, 0.2) is 11.5 Å². The van der Waals surface area contributed by atoms with Crippen LogP contribution >= 0.6 is 0 Å². The molecule has 1 aromatic carbocycles. The quantitative estimate of drug-likeness (QED) is 0.783. The number of phenolic OH excluding ortho intramolecular Hbond substituents is 2. The number of carbonyl (C=O) groups excluding carboxylic acids is 1. The zero-order valence-electron chi connectivity index (χ0n) is 13.6. The summed E-state index contributed by atoms with van der Waals surface area (Å²) < 4.78 is 0. The SMILES string of the molecule is Cc1ccc(O)c(O)c1C12CCN(C)C(C)C1CCC(=O)C2. The van der Waals surface area contributed by atoms with Crippen LogP contribution in [0.3, 0.4) is 0 Å². The van der Waals surface area contributed by atoms with E-state index in [1.165, 1.54) is 6.07 Å². The second kappa shape index (κ2) is 5.27. The summed E-state index contributed by atoms with van der Waals surface area (Å²) in [6.07, 6.45) is 2.82. The number of aryl methyl sites for hydroxylation is 1. The van der Waals surface area contributed by atoms with E-state index >= 15 is 0 Å². The van der Waals surface area contributed by atoms with Gasteiger partial charge in [-0.15, -0.1) is 0 Å². The smallest absolute Gasteiger partial charge is 0.161 e. The van der Waals surface area contributed by atoms with E-state index in [9.17, 15) is 15.0 Å². The van der Waals surface area contributed by atoms with Gasteiger partial charge in [-0.1, -0.05) is 6.07 Å². The summed E-state index contributed by atoms with van der Waals surface area (Å²) in [4.78, 5) is 14.6. The number of hydrogen-bond donors (Lipinski definition) is 2. The Balaban J connectivity index is 2.19. The molecule has 0 bridgehead atoms. The summed E-state index contributed by atoms with van der Waals surface area (Å²) in [5, 5.41) is 20.5. The van der Waals surface area contributed by atoms with Crippen LogP contribution in [0.1, 0.15) is 43.7 Å². The lowest BCUT2D eigenvalue weighted by Gasteiger charge is -2.54. The Morgan fingerprint density at radius 3 is 2.77 bits per heavy atom. The number of ketones is 1. The molecular formula is C18H25NO3. The highest BCUT2D eigenvalue weighted by Gasteiger charge is 2.52. The maximum absolute atomic E-state index is 12.2. The van der Waals surface area contributed by atoms with Crippen LogP contribution in [-0.4, -0.2) is 40.5 Å². The van der Waals surface area contributed by atoms with Crippen LogP contribution in [0.2, 0.25) is 0 Å². The zero-order valence-corrected chi connectivity index (χ0v) is 13.6. The molecule has 4 heteroatoms. The van der Waals surface area contributed by atoms with Crippen molar-refractivity contribution in [2.75, 3.05) is 13.6 Å². The molecule has 1 heterocycles. The molecule has 3 rings (SSSR count). The number of phenols is 2. The predicted octanol–water partition coefficient (Wildman–Crippen LogP) is 2.74. The summed E-state index contributed by atoms with van der Waals surface area (Å²) in [5.74, 6) is 0.486. The second-order valence-electron chi connectivity index (χ2n) is 7.11. The minimum Gasteiger partial charge on any atom is -0.504 e. The van der Waals surface area contributed by atoms with E-state index in [4.69, 9.17) is 0 Å². The number of likely N-dealkylation sites (tertiary alicyclic amines) is 1. The topological polar surface area (TPSA) is 60.8 Å². The summed E-state index contributed by atoms with van der Waals surface area (Å²) in [5.41, 5.74) is 1.42. The van der Waals surface area contributed by atoms with Crippen molar-refractivity contribution in [1.82, 2.24) is 4.90 Å². The normalized spacial score (nSPS) is 32.8. The Hall–Kier alpha value is -1.55. The molecule has 1 aliphatic heterocycles. The van der Waals surface area contributed by atoms with E-state index < -0.39 is 0 Å². The number of benzene rings is 1. The Morgan fingerprint density at radius 1 is 1.32 bits per heavy atom. The first-order valence-electron chi connectivity index (χ1n) is 8.11. The Labute approximate surface area is 131 Å². The van der Waals surface area contributed by atoms with Crippen LogP contribution in [0, 0.1) is 12.8 Å². The maximum atomic E-state index is 12.2. The van der Waals surface area contributed by atoms with Crippen molar-refractivity contribution in [3.63, 3.8) is 0 Å². The average molecular weight is 303 g/mol. The average Bonchev–Trinajstić information content (AvgIpc) is 2.47. The van der Waals surface area contributed by atoms with E-state index in [0.717, 1.165) is 30.5 Å². The number of piperidine rings is 1. The summed E-state index contributed by atoms with van der Waals surface area (Å²) in [6, 6.07) is 3.74. The lowest BCUT2D eigenvalue weighted by atomic mass is 9.56. The molecule has 2 fully saturated rings. The molecule has 1 saturated carbocycles. The number of Topliss-reactive ketones (excluding diaryl/α,β-unsaturated/α-hetero) is 1. The largest absolute Gasteiger partial charge is 0.504 e. The van der Waals surface area contributed by atoms with Crippen molar-refractivity contribution >= 4 is 5.78 Å². The number of carbonyl (C=O) groups is 1. The highest BCUT2D eigenvalue weighted by molar-refractivity contribution is 5.82. The van der Waals surface area contributed by atoms with E-state index in [0.29, 0.717) is 24.8 Å². The van der Waals surface area contributed by atoms with Gasteiger partial charge in [-0.05, 0) is 57.8 Å². The highest BCUT2D eigenvalue weighted by atomic mass is 16.3. The first kappa shape index (κ1) is 15.3. The van der Waals surface area contributed by atoms with E-state index in [1.54, 1.807) is 0 Å². The third kappa shape index (κ3) is 2.12. The first-order chi connectivity index (χ1) is 10.4. The molecule has 0 spiro atoms. The molecule has 22 heavy (non-hydrogen) atoms. The molecule has 3 atom stereocenters. The molecule has 1 saturated heterocycles. The van der Waals surface area contributed by atoms with Crippen molar-refractivity contribution in [3.05, 3.63) is 23.3 Å². The number of aromatic hydroxyl groups is 2. The standard InChI is InChI=1S/C18H25NO3/c1-11-4-7-15(21)17(22)16(11)18-8-9-19(3)12(2)14(18)6-5-13(20)10-18/h4,7,12,14,21-22H,5-6,8-10H2,1-3H3.